The summed E-state index contributed by atoms with van der Waals surface area (Å²) in [5.41, 5.74) is 5.55. The van der Waals surface area contributed by atoms with Gasteiger partial charge in [-0.25, -0.2) is 0 Å². The van der Waals surface area contributed by atoms with Crippen molar-refractivity contribution in [2.24, 2.45) is 0 Å². The van der Waals surface area contributed by atoms with Crippen LogP contribution in [0.5, 0.6) is 11.8 Å². The Labute approximate surface area is 106 Å². The third kappa shape index (κ3) is 2.84. The van der Waals surface area contributed by atoms with E-state index in [0.717, 1.165) is 0 Å². The molecule has 0 aliphatic rings. The Hall–Kier alpha value is -1.33. The van der Waals surface area contributed by atoms with Crippen molar-refractivity contribution in [3.63, 3.8) is 0 Å². The molecule has 2 aromatic rings. The van der Waals surface area contributed by atoms with Gasteiger partial charge in [0.25, 0.3) is 0 Å². The largest absolute Gasteiger partial charge is 0.424 e. The molecule has 0 saturated carbocycles. The number of nitrogen functional groups attached to an aromatic ring is 1. The minimum atomic E-state index is 0.189. The maximum atomic E-state index is 5.75. The maximum absolute atomic E-state index is 5.75. The van der Waals surface area contributed by atoms with Crippen LogP contribution in [0.2, 0.25) is 5.02 Å². The van der Waals surface area contributed by atoms with E-state index in [1.54, 1.807) is 30.3 Å². The van der Waals surface area contributed by atoms with E-state index in [1.165, 1.54) is 0 Å². The second kappa shape index (κ2) is 4.67. The van der Waals surface area contributed by atoms with Crippen molar-refractivity contribution < 1.29 is 4.74 Å². The topological polar surface area (TPSA) is 61.0 Å². The van der Waals surface area contributed by atoms with Crippen LogP contribution in [-0.2, 0) is 0 Å². The lowest BCUT2D eigenvalue weighted by Crippen LogP contribution is -1.96. The van der Waals surface area contributed by atoms with Gasteiger partial charge in [0.2, 0.25) is 0 Å². The third-order valence-electron chi connectivity index (χ3n) is 1.72. The Morgan fingerprint density at radius 2 is 1.88 bits per heavy atom. The summed E-state index contributed by atoms with van der Waals surface area (Å²) in [4.78, 5) is 7.96. The fraction of sp³-hybridized carbons (Fsp3) is 0. The number of nitrogens with zero attached hydrogens (tertiary/aromatic N) is 2. The smallest absolute Gasteiger partial charge is 0.325 e. The van der Waals surface area contributed by atoms with E-state index in [4.69, 9.17) is 22.1 Å². The van der Waals surface area contributed by atoms with Gasteiger partial charge >= 0.3 is 6.01 Å². The molecule has 82 valence electrons. The molecular formula is C10H7BrClN3O. The predicted molar refractivity (Wildman–Crippen MR) is 65.7 cm³/mol. The van der Waals surface area contributed by atoms with Gasteiger partial charge in [-0.3, -0.25) is 0 Å². The molecule has 6 heteroatoms. The minimum Gasteiger partial charge on any atom is -0.424 e. The van der Waals surface area contributed by atoms with Crippen molar-refractivity contribution in [2.75, 3.05) is 5.73 Å². The van der Waals surface area contributed by atoms with E-state index in [2.05, 4.69) is 25.9 Å². The van der Waals surface area contributed by atoms with Crippen molar-refractivity contribution in [3.05, 3.63) is 40.0 Å². The monoisotopic (exact) mass is 299 g/mol. The SMILES string of the molecule is Nc1cc(Br)nc(Oc2ccc(Cl)cc2)n1. The van der Waals surface area contributed by atoms with E-state index in [-0.39, 0.29) is 6.01 Å². The standard InChI is InChI=1S/C10H7BrClN3O/c11-8-5-9(13)15-10(14-8)16-7-3-1-6(12)2-4-7/h1-5H,(H2,13,14,15). The minimum absolute atomic E-state index is 0.189. The zero-order chi connectivity index (χ0) is 11.5. The van der Waals surface area contributed by atoms with Crippen LogP contribution in [0.25, 0.3) is 0 Å². The average molecular weight is 301 g/mol. The Morgan fingerprint density at radius 1 is 1.19 bits per heavy atom. The van der Waals surface area contributed by atoms with Gasteiger partial charge in [0.1, 0.15) is 16.2 Å². The molecule has 0 spiro atoms. The van der Waals surface area contributed by atoms with Crippen LogP contribution in [-0.4, -0.2) is 9.97 Å². The first kappa shape index (κ1) is 11.2. The molecule has 1 aromatic carbocycles. The highest BCUT2D eigenvalue weighted by atomic mass is 79.9. The van der Waals surface area contributed by atoms with E-state index in [0.29, 0.717) is 21.2 Å². The van der Waals surface area contributed by atoms with Crippen LogP contribution >= 0.6 is 27.5 Å². The molecule has 1 heterocycles. The molecule has 0 saturated heterocycles. The second-order valence-corrected chi connectivity index (χ2v) is 4.20. The van der Waals surface area contributed by atoms with E-state index < -0.39 is 0 Å². The molecule has 0 atom stereocenters. The summed E-state index contributed by atoms with van der Waals surface area (Å²) in [5, 5.41) is 0.641. The van der Waals surface area contributed by atoms with Gasteiger partial charge in [-0.05, 0) is 40.2 Å². The van der Waals surface area contributed by atoms with Crippen LogP contribution in [0.4, 0.5) is 5.82 Å². The summed E-state index contributed by atoms with van der Waals surface area (Å²) in [6.45, 7) is 0. The first-order valence-corrected chi connectivity index (χ1v) is 5.54. The molecule has 0 radical (unpaired) electrons. The quantitative estimate of drug-likeness (QED) is 0.865. The lowest BCUT2D eigenvalue weighted by molar-refractivity contribution is 0.441. The fourth-order valence-corrected chi connectivity index (χ4v) is 1.58. The second-order valence-electron chi connectivity index (χ2n) is 2.95. The highest BCUT2D eigenvalue weighted by Gasteiger charge is 2.03. The Kier molecular flexibility index (Phi) is 3.26. The van der Waals surface area contributed by atoms with Gasteiger partial charge < -0.3 is 10.5 Å². The molecule has 16 heavy (non-hydrogen) atoms. The van der Waals surface area contributed by atoms with Crippen molar-refractivity contribution >= 4 is 33.3 Å². The van der Waals surface area contributed by atoms with Crippen molar-refractivity contribution in [2.45, 2.75) is 0 Å². The van der Waals surface area contributed by atoms with Crippen LogP contribution < -0.4 is 10.5 Å². The van der Waals surface area contributed by atoms with Crippen molar-refractivity contribution in [1.29, 1.82) is 0 Å². The average Bonchev–Trinajstić information content (AvgIpc) is 2.20. The number of hydrogen-bond donors (Lipinski definition) is 1. The predicted octanol–water partition coefficient (Wildman–Crippen LogP) is 3.27. The molecule has 0 aliphatic carbocycles. The Morgan fingerprint density at radius 3 is 2.50 bits per heavy atom. The highest BCUT2D eigenvalue weighted by molar-refractivity contribution is 9.10. The van der Waals surface area contributed by atoms with Gasteiger partial charge in [0.05, 0.1) is 0 Å². The number of aromatic nitrogens is 2. The zero-order valence-electron chi connectivity index (χ0n) is 8.02. The Bertz CT molecular complexity index is 484. The van der Waals surface area contributed by atoms with Crippen LogP contribution in [0, 0.1) is 0 Å². The summed E-state index contributed by atoms with van der Waals surface area (Å²) in [5.74, 6) is 0.938. The molecule has 0 amide bonds. The van der Waals surface area contributed by atoms with Crippen molar-refractivity contribution in [1.82, 2.24) is 9.97 Å². The molecule has 2 N–H and O–H groups in total. The summed E-state index contributed by atoms with van der Waals surface area (Å²) >= 11 is 8.96. The van der Waals surface area contributed by atoms with Gasteiger partial charge in [0, 0.05) is 11.1 Å². The normalized spacial score (nSPS) is 10.1. The number of hydrogen-bond acceptors (Lipinski definition) is 4. The molecule has 0 aliphatic heterocycles. The molecule has 0 fully saturated rings. The summed E-state index contributed by atoms with van der Waals surface area (Å²) in [6.07, 6.45) is 0. The van der Waals surface area contributed by atoms with Gasteiger partial charge in [-0.1, -0.05) is 11.6 Å². The van der Waals surface area contributed by atoms with Gasteiger partial charge in [-0.2, -0.15) is 9.97 Å². The molecule has 0 bridgehead atoms. The molecule has 0 unspecified atom stereocenters. The molecule has 4 nitrogen and oxygen atoms in total. The van der Waals surface area contributed by atoms with Crippen LogP contribution in [0.3, 0.4) is 0 Å². The highest BCUT2D eigenvalue weighted by Crippen LogP contribution is 2.22. The number of benzene rings is 1. The maximum Gasteiger partial charge on any atom is 0.325 e. The number of nitrogens with two attached hydrogens (primary N) is 1. The third-order valence-corrected chi connectivity index (χ3v) is 2.38. The van der Waals surface area contributed by atoms with E-state index in [1.807, 2.05) is 0 Å². The molecular weight excluding hydrogens is 293 g/mol. The van der Waals surface area contributed by atoms with E-state index in [9.17, 15) is 0 Å². The van der Waals surface area contributed by atoms with Crippen molar-refractivity contribution in [3.8, 4) is 11.8 Å². The van der Waals surface area contributed by atoms with E-state index >= 15 is 0 Å². The number of halogens is 2. The lowest BCUT2D eigenvalue weighted by atomic mass is 10.3. The first-order chi connectivity index (χ1) is 7.63. The van der Waals surface area contributed by atoms with Gasteiger partial charge in [0.15, 0.2) is 0 Å². The van der Waals surface area contributed by atoms with Crippen LogP contribution in [0.1, 0.15) is 0 Å². The summed E-state index contributed by atoms with van der Waals surface area (Å²) < 4.78 is 5.98. The summed E-state index contributed by atoms with van der Waals surface area (Å²) in [7, 11) is 0. The molecule has 1 aromatic heterocycles. The molecule has 2 rings (SSSR count). The first-order valence-electron chi connectivity index (χ1n) is 4.37. The number of anilines is 1. The Balaban J connectivity index is 2.23. The van der Waals surface area contributed by atoms with Crippen LogP contribution in [0.15, 0.2) is 34.9 Å². The lowest BCUT2D eigenvalue weighted by Gasteiger charge is -2.04. The number of ether oxygens (including phenoxy) is 1. The number of rotatable bonds is 2. The van der Waals surface area contributed by atoms with Gasteiger partial charge in [-0.15, -0.1) is 0 Å². The zero-order valence-corrected chi connectivity index (χ0v) is 10.4. The summed E-state index contributed by atoms with van der Waals surface area (Å²) in [6, 6.07) is 8.67. The fourth-order valence-electron chi connectivity index (χ4n) is 1.07.